The van der Waals surface area contributed by atoms with E-state index >= 15 is 0 Å². The normalized spacial score (nSPS) is 15.9. The van der Waals surface area contributed by atoms with E-state index in [2.05, 4.69) is 14.7 Å². The molecule has 0 spiro atoms. The fraction of sp³-hybridized carbons (Fsp3) is 0.471. The summed E-state index contributed by atoms with van der Waals surface area (Å²) < 4.78 is 50.3. The number of furan rings is 1. The molecule has 0 unspecified atom stereocenters. The number of halogens is 3. The predicted molar refractivity (Wildman–Crippen MR) is 88.8 cm³/mol. The highest BCUT2D eigenvalue weighted by molar-refractivity contribution is 5.94. The Morgan fingerprint density at radius 1 is 1.43 bits per heavy atom. The molecule has 0 bridgehead atoms. The van der Waals surface area contributed by atoms with Gasteiger partial charge in [-0.3, -0.25) is 14.2 Å². The fourth-order valence-electron chi connectivity index (χ4n) is 3.02. The van der Waals surface area contributed by atoms with Crippen molar-refractivity contribution < 1.29 is 32.2 Å². The van der Waals surface area contributed by atoms with Crippen LogP contribution in [0.4, 0.5) is 13.2 Å². The maximum Gasteiger partial charge on any atom is 0.449 e. The summed E-state index contributed by atoms with van der Waals surface area (Å²) in [7, 11) is 0. The average Bonchev–Trinajstić information content (AvgIpc) is 2.97. The van der Waals surface area contributed by atoms with E-state index in [4.69, 9.17) is 4.74 Å². The molecule has 1 aliphatic heterocycles. The molecule has 0 atom stereocenters. The second kappa shape index (κ2) is 6.66. The fourth-order valence-corrected chi connectivity index (χ4v) is 3.02. The van der Waals surface area contributed by atoms with E-state index in [1.807, 2.05) is 0 Å². The van der Waals surface area contributed by atoms with Gasteiger partial charge in [-0.1, -0.05) is 0 Å². The molecule has 11 heteroatoms. The molecule has 1 aliphatic rings. The highest BCUT2D eigenvalue weighted by Crippen LogP contribution is 2.34. The van der Waals surface area contributed by atoms with Crippen LogP contribution >= 0.6 is 0 Å². The Morgan fingerprint density at radius 2 is 2.11 bits per heavy atom. The van der Waals surface area contributed by atoms with Crippen molar-refractivity contribution in [3.63, 3.8) is 0 Å². The number of amides is 1. The van der Waals surface area contributed by atoms with Gasteiger partial charge in [0.1, 0.15) is 17.2 Å². The summed E-state index contributed by atoms with van der Waals surface area (Å²) in [5.41, 5.74) is -2.66. The standard InChI is InChI=1S/C17H18F3N3O5/c1-8-6-9(12(28-8)17(18,19)20)7-21-13(25)10-11(24)14(26)23-4-5-27-16(2,3)15(23)22-10/h6,24H,4-5,7H2,1-3H3,(H,21,25). The summed E-state index contributed by atoms with van der Waals surface area (Å²) in [5.74, 6) is -2.92. The van der Waals surface area contributed by atoms with Crippen molar-refractivity contribution >= 4 is 5.91 Å². The predicted octanol–water partition coefficient (Wildman–Crippen LogP) is 2.06. The van der Waals surface area contributed by atoms with Crippen LogP contribution in [0.15, 0.2) is 15.3 Å². The quantitative estimate of drug-likeness (QED) is 0.816. The number of rotatable bonds is 3. The van der Waals surface area contributed by atoms with Crippen LogP contribution < -0.4 is 10.9 Å². The Kier molecular flexibility index (Phi) is 4.74. The third kappa shape index (κ3) is 3.49. The minimum absolute atomic E-state index is 0.0310. The first-order valence-corrected chi connectivity index (χ1v) is 8.34. The van der Waals surface area contributed by atoms with Gasteiger partial charge in [0.05, 0.1) is 13.2 Å². The van der Waals surface area contributed by atoms with Gasteiger partial charge in [-0.2, -0.15) is 13.2 Å². The van der Waals surface area contributed by atoms with E-state index in [0.29, 0.717) is 0 Å². The number of aromatic nitrogens is 2. The molecule has 152 valence electrons. The number of alkyl halides is 3. The van der Waals surface area contributed by atoms with Gasteiger partial charge in [0.2, 0.25) is 11.5 Å². The highest BCUT2D eigenvalue weighted by atomic mass is 19.4. The number of carbonyl (C=O) groups is 1. The smallest absolute Gasteiger partial charge is 0.449 e. The van der Waals surface area contributed by atoms with Crippen LogP contribution in [-0.2, 0) is 29.6 Å². The van der Waals surface area contributed by atoms with E-state index in [1.54, 1.807) is 13.8 Å². The zero-order valence-corrected chi connectivity index (χ0v) is 15.3. The molecule has 0 aliphatic carbocycles. The summed E-state index contributed by atoms with van der Waals surface area (Å²) in [6.45, 7) is 4.50. The van der Waals surface area contributed by atoms with Crippen molar-refractivity contribution in [2.24, 2.45) is 0 Å². The SMILES string of the molecule is Cc1cc(CNC(=O)c2nc3n(c(=O)c2O)CCOC3(C)C)c(C(F)(F)F)o1. The van der Waals surface area contributed by atoms with E-state index < -0.39 is 47.0 Å². The largest absolute Gasteiger partial charge is 0.501 e. The van der Waals surface area contributed by atoms with Crippen molar-refractivity contribution in [3.8, 4) is 5.75 Å². The Morgan fingerprint density at radius 3 is 2.75 bits per heavy atom. The minimum atomic E-state index is -4.72. The van der Waals surface area contributed by atoms with E-state index in [9.17, 15) is 27.9 Å². The van der Waals surface area contributed by atoms with Gasteiger partial charge in [0.25, 0.3) is 11.5 Å². The summed E-state index contributed by atoms with van der Waals surface area (Å²) in [5, 5.41) is 12.3. The molecule has 0 saturated heterocycles. The summed E-state index contributed by atoms with van der Waals surface area (Å²) in [6, 6.07) is 1.15. The van der Waals surface area contributed by atoms with Gasteiger partial charge in [-0.25, -0.2) is 4.98 Å². The molecule has 0 aromatic carbocycles. The van der Waals surface area contributed by atoms with E-state index in [1.165, 1.54) is 11.5 Å². The van der Waals surface area contributed by atoms with Crippen molar-refractivity contribution in [3.05, 3.63) is 45.0 Å². The van der Waals surface area contributed by atoms with Gasteiger partial charge in [-0.15, -0.1) is 0 Å². The zero-order valence-electron chi connectivity index (χ0n) is 15.3. The number of fused-ring (bicyclic) bond motifs is 1. The lowest BCUT2D eigenvalue weighted by atomic mass is 10.1. The lowest BCUT2D eigenvalue weighted by molar-refractivity contribution is -0.154. The topological polar surface area (TPSA) is 107 Å². The number of aryl methyl sites for hydroxylation is 1. The Labute approximate surface area is 156 Å². The van der Waals surface area contributed by atoms with Crippen molar-refractivity contribution in [2.75, 3.05) is 6.61 Å². The van der Waals surface area contributed by atoms with Gasteiger partial charge in [0.15, 0.2) is 5.69 Å². The van der Waals surface area contributed by atoms with Crippen molar-refractivity contribution in [2.45, 2.75) is 45.6 Å². The van der Waals surface area contributed by atoms with Crippen LogP contribution in [0, 0.1) is 6.92 Å². The lowest BCUT2D eigenvalue weighted by Crippen LogP contribution is -2.42. The monoisotopic (exact) mass is 401 g/mol. The molecular weight excluding hydrogens is 383 g/mol. The van der Waals surface area contributed by atoms with E-state index in [0.717, 1.165) is 6.07 Å². The molecule has 28 heavy (non-hydrogen) atoms. The lowest BCUT2D eigenvalue weighted by Gasteiger charge is -2.32. The number of aromatic hydroxyl groups is 1. The molecule has 8 nitrogen and oxygen atoms in total. The number of hydrogen-bond acceptors (Lipinski definition) is 6. The molecule has 1 amide bonds. The first-order chi connectivity index (χ1) is 12.9. The minimum Gasteiger partial charge on any atom is -0.501 e. The van der Waals surface area contributed by atoms with Crippen molar-refractivity contribution in [1.29, 1.82) is 0 Å². The Hall–Kier alpha value is -2.82. The molecule has 2 aromatic heterocycles. The Balaban J connectivity index is 1.91. The van der Waals surface area contributed by atoms with Gasteiger partial charge >= 0.3 is 6.18 Å². The number of nitrogens with zero attached hydrogens (tertiary/aromatic N) is 2. The summed E-state index contributed by atoms with van der Waals surface area (Å²) >= 11 is 0. The van der Waals surface area contributed by atoms with Gasteiger partial charge < -0.3 is 19.6 Å². The van der Waals surface area contributed by atoms with E-state index in [-0.39, 0.29) is 30.3 Å². The van der Waals surface area contributed by atoms with Gasteiger partial charge in [-0.05, 0) is 26.8 Å². The summed E-state index contributed by atoms with van der Waals surface area (Å²) in [6.07, 6.45) is -4.72. The molecule has 3 heterocycles. The first-order valence-electron chi connectivity index (χ1n) is 8.34. The number of nitrogens with one attached hydrogen (secondary N) is 1. The van der Waals surface area contributed by atoms with Gasteiger partial charge in [0, 0.05) is 12.1 Å². The number of ether oxygens (including phenoxy) is 1. The maximum atomic E-state index is 13.0. The molecule has 2 N–H and O–H groups in total. The van der Waals surface area contributed by atoms with Crippen LogP contribution in [-0.4, -0.2) is 27.2 Å². The number of hydrogen-bond donors (Lipinski definition) is 2. The molecule has 3 rings (SSSR count). The third-order valence-electron chi connectivity index (χ3n) is 4.31. The van der Waals surface area contributed by atoms with Crippen LogP contribution in [0.3, 0.4) is 0 Å². The average molecular weight is 401 g/mol. The molecule has 2 aromatic rings. The summed E-state index contributed by atoms with van der Waals surface area (Å²) in [4.78, 5) is 28.8. The molecule has 0 saturated carbocycles. The molecular formula is C17H18F3N3O5. The molecule has 0 radical (unpaired) electrons. The molecule has 0 fully saturated rings. The Bertz CT molecular complexity index is 991. The van der Waals surface area contributed by atoms with Crippen LogP contribution in [0.5, 0.6) is 5.75 Å². The second-order valence-electron chi connectivity index (χ2n) is 6.84. The van der Waals surface area contributed by atoms with Crippen LogP contribution in [0.25, 0.3) is 0 Å². The maximum absolute atomic E-state index is 13.0. The van der Waals surface area contributed by atoms with Crippen LogP contribution in [0.1, 0.15) is 47.2 Å². The first kappa shape index (κ1) is 19.9. The van der Waals surface area contributed by atoms with Crippen LogP contribution in [0.2, 0.25) is 0 Å². The third-order valence-corrected chi connectivity index (χ3v) is 4.31. The zero-order chi connectivity index (χ0) is 20.9. The van der Waals surface area contributed by atoms with Crippen molar-refractivity contribution in [1.82, 2.24) is 14.9 Å². The highest BCUT2D eigenvalue weighted by Gasteiger charge is 2.38. The number of carbonyl (C=O) groups excluding carboxylic acids is 1. The second-order valence-corrected chi connectivity index (χ2v) is 6.84.